The normalized spacial score (nSPS) is 13.8. The van der Waals surface area contributed by atoms with Crippen molar-refractivity contribution in [2.24, 2.45) is 0 Å². The maximum atomic E-state index is 13.1. The molecule has 5 heteroatoms. The Kier molecular flexibility index (Phi) is 4.56. The second-order valence-corrected chi connectivity index (χ2v) is 7.17. The van der Waals surface area contributed by atoms with Crippen LogP contribution in [-0.4, -0.2) is 19.1 Å². The highest BCUT2D eigenvalue weighted by Crippen LogP contribution is 2.40. The third-order valence-electron chi connectivity index (χ3n) is 5.24. The minimum Gasteiger partial charge on any atom is -0.493 e. The number of hydrogen-bond donors (Lipinski definition) is 1. The van der Waals surface area contributed by atoms with Gasteiger partial charge in [-0.05, 0) is 35.9 Å². The number of fused-ring (bicyclic) bond motifs is 2. The smallest absolute Gasteiger partial charge is 0.259 e. The van der Waals surface area contributed by atoms with Gasteiger partial charge in [-0.25, -0.2) is 0 Å². The zero-order valence-corrected chi connectivity index (χ0v) is 15.9. The number of benzene rings is 3. The maximum Gasteiger partial charge on any atom is 0.259 e. The van der Waals surface area contributed by atoms with E-state index in [1.54, 1.807) is 0 Å². The van der Waals surface area contributed by atoms with E-state index in [0.29, 0.717) is 36.8 Å². The van der Waals surface area contributed by atoms with Crippen molar-refractivity contribution < 1.29 is 19.0 Å². The van der Waals surface area contributed by atoms with E-state index in [9.17, 15) is 4.79 Å². The molecule has 0 aromatic heterocycles. The molecular weight excluding hydrogens is 366 g/mol. The van der Waals surface area contributed by atoms with Crippen molar-refractivity contribution in [1.29, 1.82) is 0 Å². The number of hydrogen-bond acceptors (Lipinski definition) is 4. The summed E-state index contributed by atoms with van der Waals surface area (Å²) < 4.78 is 17.3. The van der Waals surface area contributed by atoms with Crippen molar-refractivity contribution in [2.75, 3.05) is 18.5 Å². The fourth-order valence-corrected chi connectivity index (χ4v) is 3.79. The lowest BCUT2D eigenvalue weighted by Gasteiger charge is -2.13. The number of carbonyl (C=O) groups is 1. The zero-order chi connectivity index (χ0) is 19.6. The van der Waals surface area contributed by atoms with E-state index in [1.807, 2.05) is 60.7 Å². The molecule has 1 N–H and O–H groups in total. The van der Waals surface area contributed by atoms with Gasteiger partial charge < -0.3 is 19.5 Å². The van der Waals surface area contributed by atoms with Crippen LogP contribution in [0.4, 0.5) is 5.69 Å². The molecule has 1 amide bonds. The van der Waals surface area contributed by atoms with Crippen molar-refractivity contribution in [3.8, 4) is 17.2 Å². The largest absolute Gasteiger partial charge is 0.493 e. The first-order valence-corrected chi connectivity index (χ1v) is 9.80. The summed E-state index contributed by atoms with van der Waals surface area (Å²) in [6, 6.07) is 19.4. The highest BCUT2D eigenvalue weighted by Gasteiger charge is 2.30. The summed E-state index contributed by atoms with van der Waals surface area (Å²) in [5.41, 5.74) is 4.41. The molecule has 3 aromatic rings. The Bertz CT molecular complexity index is 1010. The van der Waals surface area contributed by atoms with Gasteiger partial charge in [0.2, 0.25) is 0 Å². The van der Waals surface area contributed by atoms with Crippen LogP contribution in [0, 0.1) is 0 Å². The van der Waals surface area contributed by atoms with Crippen LogP contribution in [0.5, 0.6) is 17.2 Å². The minimum atomic E-state index is -0.163. The lowest BCUT2D eigenvalue weighted by molar-refractivity contribution is 0.102. The molecule has 2 aliphatic heterocycles. The van der Waals surface area contributed by atoms with E-state index >= 15 is 0 Å². The standard InChI is InChI=1S/C24H21NO4/c26-24(22-20-11-13-27-21(20)14-17-10-12-28-23(17)22)25-18-6-8-19(9-7-18)29-15-16-4-2-1-3-5-16/h1-9,14H,10-13,15H2,(H,25,26). The highest BCUT2D eigenvalue weighted by atomic mass is 16.5. The second kappa shape index (κ2) is 7.51. The molecule has 146 valence electrons. The first kappa shape index (κ1) is 17.6. The summed E-state index contributed by atoms with van der Waals surface area (Å²) in [5.74, 6) is 2.10. The highest BCUT2D eigenvalue weighted by molar-refractivity contribution is 6.08. The fourth-order valence-electron chi connectivity index (χ4n) is 3.79. The Balaban J connectivity index is 1.31. The molecule has 0 fully saturated rings. The third kappa shape index (κ3) is 3.51. The van der Waals surface area contributed by atoms with E-state index in [4.69, 9.17) is 14.2 Å². The second-order valence-electron chi connectivity index (χ2n) is 7.17. The van der Waals surface area contributed by atoms with Crippen LogP contribution in [0.15, 0.2) is 60.7 Å². The molecule has 0 spiro atoms. The molecule has 0 unspecified atom stereocenters. The van der Waals surface area contributed by atoms with E-state index < -0.39 is 0 Å². The minimum absolute atomic E-state index is 0.163. The van der Waals surface area contributed by atoms with Gasteiger partial charge in [0, 0.05) is 29.7 Å². The number of ether oxygens (including phenoxy) is 3. The van der Waals surface area contributed by atoms with Gasteiger partial charge in [0.1, 0.15) is 23.9 Å². The third-order valence-corrected chi connectivity index (χ3v) is 5.24. The van der Waals surface area contributed by atoms with Crippen LogP contribution in [0.1, 0.15) is 27.0 Å². The van der Waals surface area contributed by atoms with Gasteiger partial charge in [-0.2, -0.15) is 0 Å². The number of rotatable bonds is 5. The summed E-state index contributed by atoms with van der Waals surface area (Å²) in [5, 5.41) is 2.99. The molecule has 0 saturated carbocycles. The van der Waals surface area contributed by atoms with Gasteiger partial charge in [-0.15, -0.1) is 0 Å². The van der Waals surface area contributed by atoms with Crippen molar-refractivity contribution >= 4 is 11.6 Å². The molecule has 5 nitrogen and oxygen atoms in total. The first-order chi connectivity index (χ1) is 14.3. The summed E-state index contributed by atoms with van der Waals surface area (Å²) >= 11 is 0. The van der Waals surface area contributed by atoms with Gasteiger partial charge in [0.15, 0.2) is 0 Å². The summed E-state index contributed by atoms with van der Waals surface area (Å²) in [6.07, 6.45) is 1.53. The summed E-state index contributed by atoms with van der Waals surface area (Å²) in [7, 11) is 0. The maximum absolute atomic E-state index is 13.1. The average Bonchev–Trinajstić information content (AvgIpc) is 3.41. The Morgan fingerprint density at radius 1 is 0.966 bits per heavy atom. The van der Waals surface area contributed by atoms with Crippen molar-refractivity contribution in [2.45, 2.75) is 19.4 Å². The molecule has 0 bridgehead atoms. The predicted octanol–water partition coefficient (Wildman–Crippen LogP) is 4.39. The molecule has 0 aliphatic carbocycles. The number of carbonyl (C=O) groups excluding carboxylic acids is 1. The molecule has 29 heavy (non-hydrogen) atoms. The van der Waals surface area contributed by atoms with Crippen LogP contribution in [0.25, 0.3) is 0 Å². The van der Waals surface area contributed by atoms with E-state index in [1.165, 1.54) is 0 Å². The van der Waals surface area contributed by atoms with Crippen molar-refractivity contribution in [1.82, 2.24) is 0 Å². The predicted molar refractivity (Wildman–Crippen MR) is 110 cm³/mol. The SMILES string of the molecule is O=C(Nc1ccc(OCc2ccccc2)cc1)c1c2c(cc3c1OCC3)OCC2. The summed E-state index contributed by atoms with van der Waals surface area (Å²) in [6.45, 7) is 1.71. The van der Waals surface area contributed by atoms with Gasteiger partial charge in [0.05, 0.1) is 18.8 Å². The number of anilines is 1. The topological polar surface area (TPSA) is 56.8 Å². The molecule has 2 aliphatic rings. The lowest BCUT2D eigenvalue weighted by atomic mass is 9.99. The molecule has 3 aromatic carbocycles. The molecule has 5 rings (SSSR count). The van der Waals surface area contributed by atoms with E-state index in [0.717, 1.165) is 41.0 Å². The Labute approximate surface area is 169 Å². The Morgan fingerprint density at radius 3 is 2.59 bits per heavy atom. The quantitative estimate of drug-likeness (QED) is 0.706. The molecule has 0 radical (unpaired) electrons. The van der Waals surface area contributed by atoms with Crippen molar-refractivity contribution in [3.63, 3.8) is 0 Å². The number of nitrogens with one attached hydrogen (secondary N) is 1. The monoisotopic (exact) mass is 387 g/mol. The van der Waals surface area contributed by atoms with Gasteiger partial charge >= 0.3 is 0 Å². The van der Waals surface area contributed by atoms with E-state index in [-0.39, 0.29) is 5.91 Å². The van der Waals surface area contributed by atoms with Crippen LogP contribution in [0.3, 0.4) is 0 Å². The molecule has 0 saturated heterocycles. The molecular formula is C24H21NO4. The average molecular weight is 387 g/mol. The van der Waals surface area contributed by atoms with Crippen LogP contribution in [0.2, 0.25) is 0 Å². The summed E-state index contributed by atoms with van der Waals surface area (Å²) in [4.78, 5) is 13.1. The lowest BCUT2D eigenvalue weighted by Crippen LogP contribution is -2.15. The zero-order valence-electron chi connectivity index (χ0n) is 15.9. The number of amides is 1. The van der Waals surface area contributed by atoms with Crippen LogP contribution >= 0.6 is 0 Å². The Hall–Kier alpha value is -3.47. The first-order valence-electron chi connectivity index (χ1n) is 9.80. The Morgan fingerprint density at radius 2 is 1.76 bits per heavy atom. The van der Waals surface area contributed by atoms with Crippen LogP contribution < -0.4 is 19.5 Å². The van der Waals surface area contributed by atoms with Gasteiger partial charge in [-0.3, -0.25) is 4.79 Å². The van der Waals surface area contributed by atoms with Gasteiger partial charge in [0.25, 0.3) is 5.91 Å². The van der Waals surface area contributed by atoms with Gasteiger partial charge in [-0.1, -0.05) is 30.3 Å². The fraction of sp³-hybridized carbons (Fsp3) is 0.208. The molecule has 2 heterocycles. The molecule has 0 atom stereocenters. The van der Waals surface area contributed by atoms with Crippen molar-refractivity contribution in [3.05, 3.63) is 82.9 Å². The van der Waals surface area contributed by atoms with E-state index in [2.05, 4.69) is 5.32 Å². The van der Waals surface area contributed by atoms with Crippen LogP contribution in [-0.2, 0) is 19.4 Å².